The topological polar surface area (TPSA) is 112 Å². The molecule has 1 aliphatic heterocycles. The van der Waals surface area contributed by atoms with E-state index in [0.717, 1.165) is 4.31 Å². The van der Waals surface area contributed by atoms with Gasteiger partial charge in [-0.05, 0) is 31.2 Å². The van der Waals surface area contributed by atoms with Crippen LogP contribution >= 0.6 is 0 Å². The summed E-state index contributed by atoms with van der Waals surface area (Å²) in [6, 6.07) is 13.6. The second-order valence-electron chi connectivity index (χ2n) is 7.44. The van der Waals surface area contributed by atoms with Gasteiger partial charge in [-0.1, -0.05) is 30.3 Å². The maximum absolute atomic E-state index is 12.9. The molecule has 3 rings (SSSR count). The molecule has 2 aromatic rings. The van der Waals surface area contributed by atoms with Gasteiger partial charge in [0.1, 0.15) is 0 Å². The quantitative estimate of drug-likeness (QED) is 0.549. The van der Waals surface area contributed by atoms with E-state index in [9.17, 15) is 26.4 Å². The fourth-order valence-electron chi connectivity index (χ4n) is 3.34. The van der Waals surface area contributed by atoms with Gasteiger partial charge < -0.3 is 4.90 Å². The molecule has 0 unspecified atom stereocenters. The lowest BCUT2D eigenvalue weighted by molar-refractivity contribution is -0.132. The van der Waals surface area contributed by atoms with E-state index in [2.05, 4.69) is 0 Å². The number of benzene rings is 2. The molecule has 1 heterocycles. The smallest absolute Gasteiger partial charge is 0.243 e. The predicted octanol–water partition coefficient (Wildman–Crippen LogP) is 1.04. The molecule has 1 amide bonds. The Labute approximate surface area is 188 Å². The first-order valence-electron chi connectivity index (χ1n) is 9.94. The molecule has 9 nitrogen and oxygen atoms in total. The maximum atomic E-state index is 12.9. The van der Waals surface area contributed by atoms with Gasteiger partial charge >= 0.3 is 0 Å². The van der Waals surface area contributed by atoms with Crippen LogP contribution in [0.3, 0.4) is 0 Å². The Morgan fingerprint density at radius 3 is 1.94 bits per heavy atom. The molecule has 32 heavy (non-hydrogen) atoms. The van der Waals surface area contributed by atoms with Crippen molar-refractivity contribution in [2.24, 2.45) is 0 Å². The number of rotatable bonds is 7. The summed E-state index contributed by atoms with van der Waals surface area (Å²) < 4.78 is 53.2. The van der Waals surface area contributed by atoms with Crippen molar-refractivity contribution in [3.8, 4) is 0 Å². The van der Waals surface area contributed by atoms with Crippen LogP contribution in [0.4, 0.5) is 0 Å². The molecule has 0 aliphatic carbocycles. The highest BCUT2D eigenvalue weighted by Gasteiger charge is 2.31. The fourth-order valence-corrected chi connectivity index (χ4v) is 5.90. The lowest BCUT2D eigenvalue weighted by Crippen LogP contribution is -2.52. The molecule has 0 aromatic heterocycles. The highest BCUT2D eigenvalue weighted by atomic mass is 32.2. The minimum Gasteiger partial charge on any atom is -0.339 e. The Morgan fingerprint density at radius 1 is 0.844 bits per heavy atom. The van der Waals surface area contributed by atoms with E-state index in [0.29, 0.717) is 5.56 Å². The summed E-state index contributed by atoms with van der Waals surface area (Å²) in [4.78, 5) is 25.7. The van der Waals surface area contributed by atoms with Crippen molar-refractivity contribution < 1.29 is 26.4 Å². The molecule has 0 atom stereocenters. The number of hydrogen-bond acceptors (Lipinski definition) is 6. The highest BCUT2D eigenvalue weighted by molar-refractivity contribution is 7.89. The average Bonchev–Trinajstić information content (AvgIpc) is 2.79. The molecule has 11 heteroatoms. The lowest BCUT2D eigenvalue weighted by atomic mass is 10.2. The number of nitrogens with zero attached hydrogens (tertiary/aromatic N) is 3. The van der Waals surface area contributed by atoms with Crippen LogP contribution in [-0.2, 0) is 24.8 Å². The third-order valence-corrected chi connectivity index (χ3v) is 9.03. The van der Waals surface area contributed by atoms with E-state index >= 15 is 0 Å². The van der Waals surface area contributed by atoms with Crippen LogP contribution in [0.5, 0.6) is 0 Å². The summed E-state index contributed by atoms with van der Waals surface area (Å²) in [5, 5.41) is 0. The number of carbonyl (C=O) groups is 2. The van der Waals surface area contributed by atoms with Gasteiger partial charge in [-0.2, -0.15) is 8.61 Å². The largest absolute Gasteiger partial charge is 0.339 e. The van der Waals surface area contributed by atoms with Crippen LogP contribution in [0.1, 0.15) is 17.3 Å². The van der Waals surface area contributed by atoms with Gasteiger partial charge in [0.15, 0.2) is 5.78 Å². The standard InChI is InChI=1S/C21H25N3O6S2/c1-17(25)18-8-10-20(11-9-18)32(29,30)24-14-12-23(13-15-24)21(26)16-22(2)31(27,28)19-6-4-3-5-7-19/h3-11H,12-16H2,1-2H3. The summed E-state index contributed by atoms with van der Waals surface area (Å²) in [6.07, 6.45) is 0. The van der Waals surface area contributed by atoms with E-state index in [-0.39, 0.29) is 48.3 Å². The SMILES string of the molecule is CC(=O)c1ccc(S(=O)(=O)N2CCN(C(=O)CN(C)S(=O)(=O)c3ccccc3)CC2)cc1. The van der Waals surface area contributed by atoms with Crippen LogP contribution in [-0.4, -0.2) is 81.8 Å². The van der Waals surface area contributed by atoms with Crippen LogP contribution in [0, 0.1) is 0 Å². The third kappa shape index (κ3) is 5.07. The van der Waals surface area contributed by atoms with Crippen molar-refractivity contribution in [3.05, 3.63) is 60.2 Å². The molecule has 1 fully saturated rings. The molecule has 0 saturated carbocycles. The number of Topliss-reactive ketones (excluding diaryl/α,β-unsaturated/α-hetero) is 1. The van der Waals surface area contributed by atoms with Crippen molar-refractivity contribution in [1.82, 2.24) is 13.5 Å². The zero-order chi connectivity index (χ0) is 23.5. The molecule has 172 valence electrons. The van der Waals surface area contributed by atoms with Crippen LogP contribution in [0.2, 0.25) is 0 Å². The second kappa shape index (κ2) is 9.49. The summed E-state index contributed by atoms with van der Waals surface area (Å²) in [5.41, 5.74) is 0.425. The molecule has 0 radical (unpaired) electrons. The number of ketones is 1. The molecule has 1 aliphatic rings. The van der Waals surface area contributed by atoms with Crippen LogP contribution < -0.4 is 0 Å². The third-order valence-electron chi connectivity index (χ3n) is 5.30. The van der Waals surface area contributed by atoms with E-state index in [1.54, 1.807) is 18.2 Å². The minimum atomic E-state index is -3.80. The number of hydrogen-bond donors (Lipinski definition) is 0. The number of piperazine rings is 1. The average molecular weight is 480 g/mol. The Kier molecular flexibility index (Phi) is 7.13. The van der Waals surface area contributed by atoms with Crippen molar-refractivity contribution in [2.75, 3.05) is 39.8 Å². The van der Waals surface area contributed by atoms with Crippen molar-refractivity contribution in [3.63, 3.8) is 0 Å². The Balaban J connectivity index is 1.61. The van der Waals surface area contributed by atoms with E-state index < -0.39 is 26.0 Å². The van der Waals surface area contributed by atoms with Crippen molar-refractivity contribution >= 4 is 31.7 Å². The maximum Gasteiger partial charge on any atom is 0.243 e. The molecule has 0 bridgehead atoms. The van der Waals surface area contributed by atoms with E-state index in [1.807, 2.05) is 0 Å². The van der Waals surface area contributed by atoms with Gasteiger partial charge in [-0.15, -0.1) is 0 Å². The summed E-state index contributed by atoms with van der Waals surface area (Å²) >= 11 is 0. The van der Waals surface area contributed by atoms with E-state index in [1.165, 1.54) is 59.6 Å². The molecule has 2 aromatic carbocycles. The number of sulfonamides is 2. The zero-order valence-corrected chi connectivity index (χ0v) is 19.5. The Morgan fingerprint density at radius 2 is 1.41 bits per heavy atom. The molecular formula is C21H25N3O6S2. The van der Waals surface area contributed by atoms with Crippen LogP contribution in [0.25, 0.3) is 0 Å². The fraction of sp³-hybridized carbons (Fsp3) is 0.333. The molecule has 0 spiro atoms. The molecule has 1 saturated heterocycles. The van der Waals surface area contributed by atoms with Gasteiger partial charge in [0.25, 0.3) is 0 Å². The van der Waals surface area contributed by atoms with Gasteiger partial charge in [0.05, 0.1) is 16.3 Å². The summed E-state index contributed by atoms with van der Waals surface area (Å²) in [5.74, 6) is -0.546. The van der Waals surface area contributed by atoms with Crippen molar-refractivity contribution in [2.45, 2.75) is 16.7 Å². The first-order valence-corrected chi connectivity index (χ1v) is 12.8. The Bertz CT molecular complexity index is 1190. The number of likely N-dealkylation sites (N-methyl/N-ethyl adjacent to an activating group) is 1. The van der Waals surface area contributed by atoms with Gasteiger partial charge in [-0.25, -0.2) is 16.8 Å². The monoisotopic (exact) mass is 479 g/mol. The number of carbonyl (C=O) groups excluding carboxylic acids is 2. The molecular weight excluding hydrogens is 454 g/mol. The van der Waals surface area contributed by atoms with Gasteiger partial charge in [0, 0.05) is 38.8 Å². The summed E-state index contributed by atoms with van der Waals surface area (Å²) in [6.45, 7) is 1.57. The first kappa shape index (κ1) is 24.1. The van der Waals surface area contributed by atoms with Crippen molar-refractivity contribution in [1.29, 1.82) is 0 Å². The minimum absolute atomic E-state index is 0.0796. The first-order chi connectivity index (χ1) is 15.0. The second-order valence-corrected chi connectivity index (χ2v) is 11.4. The predicted molar refractivity (Wildman–Crippen MR) is 118 cm³/mol. The molecule has 0 N–H and O–H groups in total. The van der Waals surface area contributed by atoms with Crippen LogP contribution in [0.15, 0.2) is 64.4 Å². The lowest BCUT2D eigenvalue weighted by Gasteiger charge is -2.34. The normalized spacial score (nSPS) is 15.7. The summed E-state index contributed by atoms with van der Waals surface area (Å²) in [7, 11) is -6.22. The van der Waals surface area contributed by atoms with Gasteiger partial charge in [-0.3, -0.25) is 9.59 Å². The zero-order valence-electron chi connectivity index (χ0n) is 17.8. The number of amides is 1. The van der Waals surface area contributed by atoms with E-state index in [4.69, 9.17) is 0 Å². The Hall–Kier alpha value is -2.60. The van der Waals surface area contributed by atoms with Gasteiger partial charge in [0.2, 0.25) is 26.0 Å². The highest BCUT2D eigenvalue weighted by Crippen LogP contribution is 2.19.